The van der Waals surface area contributed by atoms with Gasteiger partial charge in [-0.3, -0.25) is 0 Å². The summed E-state index contributed by atoms with van der Waals surface area (Å²) in [6.45, 7) is 0.576. The summed E-state index contributed by atoms with van der Waals surface area (Å²) in [4.78, 5) is 9.55. The quantitative estimate of drug-likeness (QED) is 0.592. The molecule has 3 heterocycles. The van der Waals surface area contributed by atoms with E-state index in [2.05, 4.69) is 20.4 Å². The van der Waals surface area contributed by atoms with E-state index in [0.29, 0.717) is 12.4 Å². The van der Waals surface area contributed by atoms with E-state index in [9.17, 15) is 4.39 Å². The molecule has 0 aliphatic carbocycles. The summed E-state index contributed by atoms with van der Waals surface area (Å²) in [7, 11) is 1.58. The van der Waals surface area contributed by atoms with Crippen molar-refractivity contribution < 1.29 is 9.13 Å². The van der Waals surface area contributed by atoms with E-state index in [1.807, 2.05) is 12.3 Å². The third-order valence-corrected chi connectivity index (χ3v) is 4.52. The highest BCUT2D eigenvalue weighted by Gasteiger charge is 2.10. The number of methoxy groups -OCH3 is 1. The number of fused-ring (bicyclic) bond motifs is 1. The van der Waals surface area contributed by atoms with Crippen molar-refractivity contribution in [3.05, 3.63) is 60.2 Å². The van der Waals surface area contributed by atoms with Gasteiger partial charge in [0.05, 0.1) is 19.0 Å². The van der Waals surface area contributed by atoms with E-state index in [-0.39, 0.29) is 5.82 Å². The summed E-state index contributed by atoms with van der Waals surface area (Å²) < 4.78 is 19.7. The van der Waals surface area contributed by atoms with Crippen LogP contribution in [-0.4, -0.2) is 26.7 Å². The number of imidazole rings is 1. The molecule has 3 aromatic heterocycles. The molecular weight excluding hydrogens is 341 g/mol. The Morgan fingerprint density at radius 2 is 2.04 bits per heavy atom. The summed E-state index contributed by atoms with van der Waals surface area (Å²) in [6.07, 6.45) is 3.58. The van der Waals surface area contributed by atoms with Crippen molar-refractivity contribution in [1.29, 1.82) is 0 Å². The summed E-state index contributed by atoms with van der Waals surface area (Å²) in [5.74, 6) is 0.326. The highest BCUT2D eigenvalue weighted by molar-refractivity contribution is 7.20. The number of ether oxygens (including phenoxy) is 1. The molecule has 0 bridgehead atoms. The van der Waals surface area contributed by atoms with Gasteiger partial charge in [0.25, 0.3) is 0 Å². The van der Waals surface area contributed by atoms with Gasteiger partial charge in [0, 0.05) is 24.4 Å². The molecule has 0 unspecified atom stereocenters. The van der Waals surface area contributed by atoms with Gasteiger partial charge in [0.2, 0.25) is 16.0 Å². The number of rotatable bonds is 5. The molecule has 0 radical (unpaired) electrons. The third kappa shape index (κ3) is 3.29. The topological polar surface area (TPSA) is 64.3 Å². The van der Waals surface area contributed by atoms with Crippen molar-refractivity contribution in [2.45, 2.75) is 6.54 Å². The number of aromatic nitrogens is 4. The zero-order valence-electron chi connectivity index (χ0n) is 13.3. The van der Waals surface area contributed by atoms with E-state index in [4.69, 9.17) is 4.74 Å². The predicted octanol–water partition coefficient (Wildman–Crippen LogP) is 3.61. The number of benzene rings is 1. The largest absolute Gasteiger partial charge is 0.481 e. The molecule has 0 aliphatic heterocycles. The van der Waals surface area contributed by atoms with Crippen molar-refractivity contribution in [2.24, 2.45) is 0 Å². The van der Waals surface area contributed by atoms with Crippen LogP contribution in [0.15, 0.2) is 48.8 Å². The number of hydrogen-bond acceptors (Lipinski definition) is 6. The van der Waals surface area contributed by atoms with Crippen molar-refractivity contribution in [3.63, 3.8) is 0 Å². The monoisotopic (exact) mass is 355 g/mol. The van der Waals surface area contributed by atoms with E-state index in [1.54, 1.807) is 36.0 Å². The Hall–Kier alpha value is -3.00. The first-order valence-corrected chi connectivity index (χ1v) is 8.38. The van der Waals surface area contributed by atoms with E-state index >= 15 is 0 Å². The molecule has 0 aliphatic rings. The zero-order valence-corrected chi connectivity index (χ0v) is 14.1. The van der Waals surface area contributed by atoms with Gasteiger partial charge in [-0.25, -0.2) is 18.9 Å². The first kappa shape index (κ1) is 15.5. The van der Waals surface area contributed by atoms with Crippen molar-refractivity contribution in [2.75, 3.05) is 12.4 Å². The minimum Gasteiger partial charge on any atom is -0.481 e. The first-order valence-electron chi connectivity index (χ1n) is 7.56. The fourth-order valence-corrected chi connectivity index (χ4v) is 3.12. The van der Waals surface area contributed by atoms with Crippen LogP contribution < -0.4 is 10.1 Å². The van der Waals surface area contributed by atoms with Gasteiger partial charge in [-0.2, -0.15) is 0 Å². The van der Waals surface area contributed by atoms with E-state index in [0.717, 1.165) is 26.9 Å². The average Bonchev–Trinajstić information content (AvgIpc) is 3.20. The highest BCUT2D eigenvalue weighted by atomic mass is 32.1. The van der Waals surface area contributed by atoms with Crippen LogP contribution in [0.4, 0.5) is 9.52 Å². The Balaban J connectivity index is 1.49. The Morgan fingerprint density at radius 3 is 2.72 bits per heavy atom. The second kappa shape index (κ2) is 6.48. The maximum absolute atomic E-state index is 12.9. The van der Waals surface area contributed by atoms with Gasteiger partial charge in [0.15, 0.2) is 0 Å². The molecule has 0 saturated heterocycles. The van der Waals surface area contributed by atoms with Crippen molar-refractivity contribution >= 4 is 21.4 Å². The van der Waals surface area contributed by atoms with Crippen LogP contribution >= 0.6 is 11.3 Å². The van der Waals surface area contributed by atoms with Gasteiger partial charge >= 0.3 is 0 Å². The number of pyridine rings is 1. The zero-order chi connectivity index (χ0) is 17.2. The van der Waals surface area contributed by atoms with Crippen LogP contribution in [0.2, 0.25) is 0 Å². The summed E-state index contributed by atoms with van der Waals surface area (Å²) in [6, 6.07) is 10.1. The number of nitrogens with one attached hydrogen (secondary N) is 1. The second-order valence-corrected chi connectivity index (χ2v) is 6.29. The molecule has 0 amide bonds. The molecular formula is C17H14FN5OS. The Morgan fingerprint density at radius 1 is 1.20 bits per heavy atom. The van der Waals surface area contributed by atoms with Gasteiger partial charge in [0.1, 0.15) is 5.82 Å². The average molecular weight is 355 g/mol. The fourth-order valence-electron chi connectivity index (χ4n) is 2.34. The summed E-state index contributed by atoms with van der Waals surface area (Å²) in [5, 5.41) is 8.45. The first-order chi connectivity index (χ1) is 12.2. The lowest BCUT2D eigenvalue weighted by atomic mass is 10.2. The maximum Gasteiger partial charge on any atom is 0.214 e. The normalized spacial score (nSPS) is 11.0. The number of anilines is 1. The third-order valence-electron chi connectivity index (χ3n) is 3.64. The SMILES string of the molecule is COc1ccc(-c2cn3nc(NCc4ccc(F)cc4)sc3n2)cn1. The lowest BCUT2D eigenvalue weighted by molar-refractivity contribution is 0.398. The number of nitrogens with zero attached hydrogens (tertiary/aromatic N) is 4. The minimum absolute atomic E-state index is 0.239. The molecule has 0 atom stereocenters. The maximum atomic E-state index is 12.9. The van der Waals surface area contributed by atoms with E-state index < -0.39 is 0 Å². The van der Waals surface area contributed by atoms with Gasteiger partial charge < -0.3 is 10.1 Å². The molecule has 1 aromatic carbocycles. The van der Waals surface area contributed by atoms with E-state index in [1.165, 1.54) is 23.5 Å². The molecule has 25 heavy (non-hydrogen) atoms. The number of hydrogen-bond donors (Lipinski definition) is 1. The smallest absolute Gasteiger partial charge is 0.214 e. The van der Waals surface area contributed by atoms with Gasteiger partial charge in [-0.05, 0) is 23.8 Å². The molecule has 6 nitrogen and oxygen atoms in total. The molecule has 1 N–H and O–H groups in total. The van der Waals surface area contributed by atoms with Crippen LogP contribution in [0.5, 0.6) is 5.88 Å². The molecule has 0 spiro atoms. The molecule has 8 heteroatoms. The summed E-state index contributed by atoms with van der Waals surface area (Å²) in [5.41, 5.74) is 2.69. The molecule has 0 saturated carbocycles. The van der Waals surface area contributed by atoms with Crippen LogP contribution in [0.25, 0.3) is 16.2 Å². The van der Waals surface area contributed by atoms with Crippen LogP contribution in [0.1, 0.15) is 5.56 Å². The van der Waals surface area contributed by atoms with Gasteiger partial charge in [-0.1, -0.05) is 23.5 Å². The highest BCUT2D eigenvalue weighted by Crippen LogP contribution is 2.25. The Kier molecular flexibility index (Phi) is 4.02. The molecule has 4 aromatic rings. The Labute approximate surface area is 146 Å². The summed E-state index contributed by atoms with van der Waals surface area (Å²) >= 11 is 1.45. The van der Waals surface area contributed by atoms with Crippen molar-refractivity contribution in [1.82, 2.24) is 19.6 Å². The lowest BCUT2D eigenvalue weighted by Gasteiger charge is -2.02. The van der Waals surface area contributed by atoms with Gasteiger partial charge in [-0.15, -0.1) is 5.10 Å². The minimum atomic E-state index is -0.239. The molecule has 0 fully saturated rings. The second-order valence-electron chi connectivity index (χ2n) is 5.33. The van der Waals surface area contributed by atoms with Crippen LogP contribution in [0, 0.1) is 5.82 Å². The standard InChI is InChI=1S/C17H14FN5OS/c1-24-15-7-4-12(9-19-15)14-10-23-17(21-14)25-16(22-23)20-8-11-2-5-13(18)6-3-11/h2-7,9-10H,8H2,1H3,(H,20,22). The fraction of sp³-hybridized carbons (Fsp3) is 0.118. The number of halogens is 1. The van der Waals surface area contributed by atoms with Crippen molar-refractivity contribution in [3.8, 4) is 17.1 Å². The lowest BCUT2D eigenvalue weighted by Crippen LogP contribution is -1.99. The predicted molar refractivity (Wildman–Crippen MR) is 94.4 cm³/mol. The molecule has 4 rings (SSSR count). The Bertz CT molecular complexity index is 963. The van der Waals surface area contributed by atoms with Crippen LogP contribution in [-0.2, 0) is 6.54 Å². The van der Waals surface area contributed by atoms with Crippen LogP contribution in [0.3, 0.4) is 0 Å². The molecule has 126 valence electrons.